The van der Waals surface area contributed by atoms with Crippen molar-refractivity contribution in [1.82, 2.24) is 15.0 Å². The molecule has 1 fully saturated rings. The first-order valence-corrected chi connectivity index (χ1v) is 6.60. The Labute approximate surface area is 116 Å². The highest BCUT2D eigenvalue weighted by Gasteiger charge is 2.31. The van der Waals surface area contributed by atoms with E-state index in [-0.39, 0.29) is 11.3 Å². The van der Waals surface area contributed by atoms with Gasteiger partial charge in [-0.05, 0) is 22.6 Å². The summed E-state index contributed by atoms with van der Waals surface area (Å²) in [5.41, 5.74) is 0.741. The van der Waals surface area contributed by atoms with E-state index in [9.17, 15) is 4.79 Å². The van der Waals surface area contributed by atoms with Crippen LogP contribution < -0.4 is 4.90 Å². The van der Waals surface area contributed by atoms with Crippen molar-refractivity contribution < 1.29 is 4.79 Å². The molecule has 1 aliphatic rings. The Morgan fingerprint density at radius 3 is 3.06 bits per heavy atom. The molecular formula is C10H8ClIN4O. The van der Waals surface area contributed by atoms with Crippen LogP contribution in [0.15, 0.2) is 12.5 Å². The van der Waals surface area contributed by atoms with Crippen LogP contribution in [0.1, 0.15) is 6.42 Å². The number of amides is 1. The topological polar surface area (TPSA) is 61.9 Å². The number of halogens is 2. The Balaban J connectivity index is 2.17. The van der Waals surface area contributed by atoms with Crippen LogP contribution >= 0.6 is 34.2 Å². The third kappa shape index (κ3) is 1.79. The summed E-state index contributed by atoms with van der Waals surface area (Å²) in [6.45, 7) is 0.508. The van der Waals surface area contributed by atoms with Gasteiger partial charge in [-0.15, -0.1) is 11.6 Å². The quantitative estimate of drug-likeness (QED) is 0.623. The van der Waals surface area contributed by atoms with Gasteiger partial charge in [0.15, 0.2) is 0 Å². The van der Waals surface area contributed by atoms with Crippen LogP contribution in [0.25, 0.3) is 11.0 Å². The van der Waals surface area contributed by atoms with E-state index in [0.717, 1.165) is 14.6 Å². The number of alkyl halides is 1. The van der Waals surface area contributed by atoms with E-state index in [1.165, 1.54) is 6.33 Å². The highest BCUT2D eigenvalue weighted by molar-refractivity contribution is 14.1. The lowest BCUT2D eigenvalue weighted by Gasteiger charge is -2.15. The molecule has 3 heterocycles. The van der Waals surface area contributed by atoms with E-state index in [0.29, 0.717) is 18.8 Å². The van der Waals surface area contributed by atoms with Gasteiger partial charge in [0.05, 0.1) is 10.8 Å². The second-order valence-electron chi connectivity index (χ2n) is 3.86. The van der Waals surface area contributed by atoms with Gasteiger partial charge in [-0.1, -0.05) is 0 Å². The summed E-state index contributed by atoms with van der Waals surface area (Å²) in [5, 5.41) is 0.747. The number of aromatic amines is 1. The minimum atomic E-state index is -0.135. The van der Waals surface area contributed by atoms with Gasteiger partial charge in [0.1, 0.15) is 17.8 Å². The second kappa shape index (κ2) is 4.09. The molecule has 88 valence electrons. The van der Waals surface area contributed by atoms with Crippen molar-refractivity contribution in [3.8, 4) is 0 Å². The fourth-order valence-electron chi connectivity index (χ4n) is 1.98. The molecule has 0 spiro atoms. The van der Waals surface area contributed by atoms with Gasteiger partial charge in [-0.25, -0.2) is 9.97 Å². The number of nitrogens with zero attached hydrogens (tertiary/aromatic N) is 3. The van der Waals surface area contributed by atoms with E-state index in [4.69, 9.17) is 11.6 Å². The average molecular weight is 363 g/mol. The fraction of sp³-hybridized carbons (Fsp3) is 0.300. The zero-order valence-electron chi connectivity index (χ0n) is 8.65. The van der Waals surface area contributed by atoms with Gasteiger partial charge in [0.25, 0.3) is 0 Å². The lowest BCUT2D eigenvalue weighted by atomic mass is 10.3. The molecule has 1 amide bonds. The van der Waals surface area contributed by atoms with E-state index in [1.54, 1.807) is 4.90 Å². The van der Waals surface area contributed by atoms with Gasteiger partial charge in [-0.2, -0.15) is 0 Å². The first kappa shape index (κ1) is 11.2. The molecule has 0 saturated carbocycles. The molecule has 0 radical (unpaired) electrons. The number of carbonyl (C=O) groups is 1. The number of hydrogen-bond donors (Lipinski definition) is 1. The number of rotatable bonds is 1. The largest absolute Gasteiger partial charge is 0.345 e. The molecule has 3 rings (SSSR count). The number of aromatic nitrogens is 3. The van der Waals surface area contributed by atoms with Crippen LogP contribution in [0.4, 0.5) is 5.82 Å². The van der Waals surface area contributed by atoms with Crippen molar-refractivity contribution in [3.05, 3.63) is 16.1 Å². The first-order chi connectivity index (χ1) is 8.16. The molecule has 1 atom stereocenters. The summed E-state index contributed by atoms with van der Waals surface area (Å²) >= 11 is 8.20. The Hall–Kier alpha value is -0.890. The monoisotopic (exact) mass is 362 g/mol. The standard InChI is InChI=1S/C10H8ClIN4O/c11-5-1-7(17)16(3-5)10-8-6(12)2-13-9(8)14-4-15-10/h2,4-5H,1,3H2,(H,13,14,15). The summed E-state index contributed by atoms with van der Waals surface area (Å²) in [7, 11) is 0. The molecule has 0 bridgehead atoms. The summed E-state index contributed by atoms with van der Waals surface area (Å²) in [5.74, 6) is 0.663. The second-order valence-corrected chi connectivity index (χ2v) is 5.64. The molecule has 1 aliphatic heterocycles. The zero-order valence-corrected chi connectivity index (χ0v) is 11.6. The number of nitrogens with one attached hydrogen (secondary N) is 1. The van der Waals surface area contributed by atoms with Crippen molar-refractivity contribution in [3.63, 3.8) is 0 Å². The van der Waals surface area contributed by atoms with E-state index in [1.807, 2.05) is 6.20 Å². The first-order valence-electron chi connectivity index (χ1n) is 5.09. The Morgan fingerprint density at radius 2 is 2.35 bits per heavy atom. The molecule has 17 heavy (non-hydrogen) atoms. The summed E-state index contributed by atoms with van der Waals surface area (Å²) < 4.78 is 0.999. The molecule has 2 aromatic heterocycles. The number of carbonyl (C=O) groups excluding carboxylic acids is 1. The van der Waals surface area contributed by atoms with Crippen LogP contribution in [0, 0.1) is 3.57 Å². The third-order valence-corrected chi connectivity index (χ3v) is 3.88. The maximum Gasteiger partial charge on any atom is 0.229 e. The number of fused-ring (bicyclic) bond motifs is 1. The van der Waals surface area contributed by atoms with Crippen LogP contribution in [0.2, 0.25) is 0 Å². The summed E-state index contributed by atoms with van der Waals surface area (Å²) in [6.07, 6.45) is 3.68. The molecule has 1 N–H and O–H groups in total. The van der Waals surface area contributed by atoms with Crippen molar-refractivity contribution in [2.24, 2.45) is 0 Å². The average Bonchev–Trinajstić information content (AvgIpc) is 2.83. The highest BCUT2D eigenvalue weighted by Crippen LogP contribution is 2.30. The lowest BCUT2D eigenvalue weighted by molar-refractivity contribution is -0.117. The molecule has 1 saturated heterocycles. The van der Waals surface area contributed by atoms with Crippen LogP contribution in [-0.2, 0) is 4.79 Å². The van der Waals surface area contributed by atoms with Gasteiger partial charge >= 0.3 is 0 Å². The van der Waals surface area contributed by atoms with E-state index < -0.39 is 0 Å². The van der Waals surface area contributed by atoms with Gasteiger partial charge in [0.2, 0.25) is 5.91 Å². The molecule has 0 aromatic carbocycles. The smallest absolute Gasteiger partial charge is 0.229 e. The molecule has 5 nitrogen and oxygen atoms in total. The minimum Gasteiger partial charge on any atom is -0.345 e. The lowest BCUT2D eigenvalue weighted by Crippen LogP contribution is -2.26. The van der Waals surface area contributed by atoms with Gasteiger partial charge in [-0.3, -0.25) is 9.69 Å². The minimum absolute atomic E-state index is 0.0157. The fourth-order valence-corrected chi connectivity index (χ4v) is 2.91. The molecule has 1 unspecified atom stereocenters. The Kier molecular flexibility index (Phi) is 2.70. The predicted molar refractivity (Wildman–Crippen MR) is 73.2 cm³/mol. The Morgan fingerprint density at radius 1 is 1.53 bits per heavy atom. The highest BCUT2D eigenvalue weighted by atomic mass is 127. The normalized spacial score (nSPS) is 20.5. The SMILES string of the molecule is O=C1CC(Cl)CN1c1ncnc2[nH]cc(I)c12. The van der Waals surface area contributed by atoms with E-state index >= 15 is 0 Å². The van der Waals surface area contributed by atoms with E-state index in [2.05, 4.69) is 37.5 Å². The predicted octanol–water partition coefficient (Wildman–Crippen LogP) is 1.91. The van der Waals surface area contributed by atoms with Gasteiger partial charge < -0.3 is 4.98 Å². The molecule has 7 heteroatoms. The third-order valence-electron chi connectivity index (χ3n) is 2.74. The van der Waals surface area contributed by atoms with Crippen LogP contribution in [-0.4, -0.2) is 32.8 Å². The number of H-pyrrole nitrogens is 1. The number of hydrogen-bond acceptors (Lipinski definition) is 3. The van der Waals surface area contributed by atoms with Crippen LogP contribution in [0.5, 0.6) is 0 Å². The molecular weight excluding hydrogens is 354 g/mol. The number of anilines is 1. The molecule has 0 aliphatic carbocycles. The van der Waals surface area contributed by atoms with Gasteiger partial charge in [0, 0.05) is 22.7 Å². The summed E-state index contributed by atoms with van der Waals surface area (Å²) in [6, 6.07) is 0. The van der Waals surface area contributed by atoms with Crippen molar-refractivity contribution in [2.75, 3.05) is 11.4 Å². The van der Waals surface area contributed by atoms with Crippen molar-refractivity contribution >= 4 is 57.0 Å². The summed E-state index contributed by atoms with van der Waals surface area (Å²) in [4.78, 5) is 24.9. The van der Waals surface area contributed by atoms with Crippen molar-refractivity contribution in [2.45, 2.75) is 11.8 Å². The Bertz CT molecular complexity index is 599. The maximum absolute atomic E-state index is 11.8. The van der Waals surface area contributed by atoms with Crippen LogP contribution in [0.3, 0.4) is 0 Å². The maximum atomic E-state index is 11.8. The molecule has 2 aromatic rings. The van der Waals surface area contributed by atoms with Crippen molar-refractivity contribution in [1.29, 1.82) is 0 Å². The zero-order chi connectivity index (χ0) is 12.0.